The number of nitrogens with zero attached hydrogens (tertiary/aromatic N) is 2. The minimum absolute atomic E-state index is 0.0189. The molecule has 0 aliphatic carbocycles. The van der Waals surface area contributed by atoms with Gasteiger partial charge in [-0.3, -0.25) is 14.4 Å². The van der Waals surface area contributed by atoms with Crippen molar-refractivity contribution < 1.29 is 23.5 Å². The van der Waals surface area contributed by atoms with E-state index in [0.717, 1.165) is 11.1 Å². The number of carbonyl (C=O) groups is 3. The number of hydrogen-bond donors (Lipinski definition) is 1. The molecule has 2 N–H and O–H groups in total. The van der Waals surface area contributed by atoms with Crippen LogP contribution in [0, 0.1) is 17.2 Å². The fourth-order valence-electron chi connectivity index (χ4n) is 5.76. The van der Waals surface area contributed by atoms with E-state index >= 15 is 0 Å². The number of likely N-dealkylation sites (N-methyl/N-ethyl adjacent to an activating group) is 1. The number of halogens is 1. The van der Waals surface area contributed by atoms with Crippen LogP contribution in [0.2, 0.25) is 0 Å². The van der Waals surface area contributed by atoms with E-state index in [-0.39, 0.29) is 49.0 Å². The Morgan fingerprint density at radius 1 is 1.16 bits per heavy atom. The molecule has 0 bridgehead atoms. The number of benzene rings is 2. The van der Waals surface area contributed by atoms with Crippen molar-refractivity contribution in [2.24, 2.45) is 17.1 Å². The molecule has 0 aromatic heterocycles. The predicted octanol–water partition coefficient (Wildman–Crippen LogP) is 3.52. The zero-order valence-corrected chi connectivity index (χ0v) is 22.5. The number of piperidine rings is 1. The SMILES string of the molecule is CN1CC(c2ccccc2)C2(CCCN(C(=O)[C@@H](COCc3ccc(F)cc3)CC(=O)C(C)(C)N)C2)C1=O. The molecule has 38 heavy (non-hydrogen) atoms. The van der Waals surface area contributed by atoms with Crippen LogP contribution in [0.3, 0.4) is 0 Å². The van der Waals surface area contributed by atoms with Gasteiger partial charge in [-0.05, 0) is 49.9 Å². The maximum atomic E-state index is 13.9. The Balaban J connectivity index is 1.53. The molecule has 0 radical (unpaired) electrons. The number of likely N-dealkylation sites (tertiary alicyclic amines) is 2. The van der Waals surface area contributed by atoms with Crippen LogP contribution in [-0.2, 0) is 25.7 Å². The number of rotatable bonds is 9. The number of ether oxygens (including phenoxy) is 1. The lowest BCUT2D eigenvalue weighted by atomic mass is 9.69. The minimum atomic E-state index is -1.08. The number of ketones is 1. The van der Waals surface area contributed by atoms with Gasteiger partial charge < -0.3 is 20.3 Å². The van der Waals surface area contributed by atoms with Gasteiger partial charge in [-0.2, -0.15) is 0 Å². The van der Waals surface area contributed by atoms with E-state index in [4.69, 9.17) is 10.5 Å². The Bertz CT molecular complexity index is 1150. The molecular weight excluding hydrogens is 485 g/mol. The van der Waals surface area contributed by atoms with E-state index in [1.165, 1.54) is 12.1 Å². The first-order valence-electron chi connectivity index (χ1n) is 13.2. The third-order valence-electron chi connectivity index (χ3n) is 7.93. The van der Waals surface area contributed by atoms with Gasteiger partial charge in [0.15, 0.2) is 5.78 Å². The molecule has 7 nitrogen and oxygen atoms in total. The van der Waals surface area contributed by atoms with E-state index < -0.39 is 16.9 Å². The maximum absolute atomic E-state index is 13.9. The third-order valence-corrected chi connectivity index (χ3v) is 7.93. The van der Waals surface area contributed by atoms with Crippen LogP contribution in [0.5, 0.6) is 0 Å². The largest absolute Gasteiger partial charge is 0.376 e. The first-order valence-corrected chi connectivity index (χ1v) is 13.2. The van der Waals surface area contributed by atoms with Gasteiger partial charge in [0, 0.05) is 39.0 Å². The Hall–Kier alpha value is -3.10. The molecule has 2 aliphatic rings. The zero-order valence-electron chi connectivity index (χ0n) is 22.5. The number of nitrogens with two attached hydrogens (primary N) is 1. The van der Waals surface area contributed by atoms with Crippen molar-refractivity contribution in [2.75, 3.05) is 33.3 Å². The van der Waals surface area contributed by atoms with Gasteiger partial charge in [0.2, 0.25) is 11.8 Å². The van der Waals surface area contributed by atoms with E-state index in [1.54, 1.807) is 35.8 Å². The van der Waals surface area contributed by atoms with E-state index in [2.05, 4.69) is 0 Å². The average Bonchev–Trinajstić information content (AvgIpc) is 3.13. The molecule has 204 valence electrons. The van der Waals surface area contributed by atoms with Crippen molar-refractivity contribution in [1.29, 1.82) is 0 Å². The van der Waals surface area contributed by atoms with Crippen molar-refractivity contribution >= 4 is 17.6 Å². The van der Waals surface area contributed by atoms with E-state index in [0.29, 0.717) is 32.5 Å². The van der Waals surface area contributed by atoms with Crippen molar-refractivity contribution in [3.8, 4) is 0 Å². The van der Waals surface area contributed by atoms with Gasteiger partial charge in [0.1, 0.15) is 5.82 Å². The summed E-state index contributed by atoms with van der Waals surface area (Å²) < 4.78 is 19.1. The van der Waals surface area contributed by atoms with Gasteiger partial charge >= 0.3 is 0 Å². The average molecular weight is 524 g/mol. The van der Waals surface area contributed by atoms with Gasteiger partial charge in [-0.25, -0.2) is 4.39 Å². The van der Waals surface area contributed by atoms with Crippen LogP contribution >= 0.6 is 0 Å². The standard InChI is InChI=1S/C30H38FN3O4/c1-29(2,32)26(35)16-23(19-38-18-21-10-12-24(31)13-11-21)27(36)34-15-7-14-30(20-34)25(17-33(3)28(30)37)22-8-5-4-6-9-22/h4-6,8-13,23,25H,7,14-20,32H2,1-3H3/t23-,25?,30?/m1/s1. The van der Waals surface area contributed by atoms with Crippen LogP contribution in [0.4, 0.5) is 4.39 Å². The fraction of sp³-hybridized carbons (Fsp3) is 0.500. The lowest BCUT2D eigenvalue weighted by molar-refractivity contribution is -0.148. The van der Waals surface area contributed by atoms with Gasteiger partial charge in [0.05, 0.1) is 30.1 Å². The second-order valence-corrected chi connectivity index (χ2v) is 11.4. The van der Waals surface area contributed by atoms with Crippen LogP contribution < -0.4 is 5.73 Å². The monoisotopic (exact) mass is 523 g/mol. The summed E-state index contributed by atoms with van der Waals surface area (Å²) in [6.45, 7) is 4.91. The molecule has 2 saturated heterocycles. The summed E-state index contributed by atoms with van der Waals surface area (Å²) in [6, 6.07) is 16.0. The van der Waals surface area contributed by atoms with Gasteiger partial charge in [-0.1, -0.05) is 42.5 Å². The molecule has 2 aromatic rings. The normalized spacial score (nSPS) is 22.7. The molecule has 2 aromatic carbocycles. The molecule has 1 spiro atoms. The van der Waals surface area contributed by atoms with Crippen LogP contribution in [0.1, 0.15) is 50.2 Å². The van der Waals surface area contributed by atoms with Crippen LogP contribution in [-0.4, -0.2) is 66.2 Å². The Morgan fingerprint density at radius 2 is 1.84 bits per heavy atom. The molecule has 2 aliphatic heterocycles. The summed E-state index contributed by atoms with van der Waals surface area (Å²) >= 11 is 0. The summed E-state index contributed by atoms with van der Waals surface area (Å²) in [7, 11) is 1.82. The van der Waals surface area contributed by atoms with Crippen LogP contribution in [0.15, 0.2) is 54.6 Å². The minimum Gasteiger partial charge on any atom is -0.376 e. The first kappa shape index (κ1) is 27.9. The Labute approximate surface area is 224 Å². The number of amides is 2. The summed E-state index contributed by atoms with van der Waals surface area (Å²) in [4.78, 5) is 43.8. The number of hydrogen-bond acceptors (Lipinski definition) is 5. The summed E-state index contributed by atoms with van der Waals surface area (Å²) in [5.74, 6) is -1.45. The third kappa shape index (κ3) is 5.97. The lowest BCUT2D eigenvalue weighted by Gasteiger charge is -2.43. The summed E-state index contributed by atoms with van der Waals surface area (Å²) in [6.07, 6.45) is 1.36. The second-order valence-electron chi connectivity index (χ2n) is 11.4. The fourth-order valence-corrected chi connectivity index (χ4v) is 5.76. The molecule has 0 saturated carbocycles. The first-order chi connectivity index (χ1) is 18.0. The molecule has 4 rings (SSSR count). The second kappa shape index (κ2) is 11.3. The van der Waals surface area contributed by atoms with Gasteiger partial charge in [-0.15, -0.1) is 0 Å². The highest BCUT2D eigenvalue weighted by Gasteiger charge is 2.55. The Morgan fingerprint density at radius 3 is 2.50 bits per heavy atom. The molecule has 2 unspecified atom stereocenters. The van der Waals surface area contributed by atoms with Crippen molar-refractivity contribution in [3.63, 3.8) is 0 Å². The molecule has 8 heteroatoms. The van der Waals surface area contributed by atoms with Gasteiger partial charge in [0.25, 0.3) is 0 Å². The van der Waals surface area contributed by atoms with E-state index in [1.807, 2.05) is 37.4 Å². The number of carbonyl (C=O) groups excluding carboxylic acids is 3. The molecule has 3 atom stereocenters. The molecule has 2 heterocycles. The molecule has 2 fully saturated rings. The molecular formula is C30H38FN3O4. The van der Waals surface area contributed by atoms with Crippen molar-refractivity contribution in [2.45, 2.75) is 51.2 Å². The van der Waals surface area contributed by atoms with E-state index in [9.17, 15) is 18.8 Å². The maximum Gasteiger partial charge on any atom is 0.231 e. The quantitative estimate of drug-likeness (QED) is 0.543. The zero-order chi connectivity index (χ0) is 27.5. The lowest BCUT2D eigenvalue weighted by Crippen LogP contribution is -2.53. The smallest absolute Gasteiger partial charge is 0.231 e. The van der Waals surface area contributed by atoms with Crippen molar-refractivity contribution in [3.05, 3.63) is 71.5 Å². The van der Waals surface area contributed by atoms with Crippen LogP contribution in [0.25, 0.3) is 0 Å². The number of Topliss-reactive ketones (excluding diaryl/α,β-unsaturated/α-hetero) is 1. The van der Waals surface area contributed by atoms with Crippen molar-refractivity contribution in [1.82, 2.24) is 9.80 Å². The summed E-state index contributed by atoms with van der Waals surface area (Å²) in [5.41, 5.74) is 6.14. The highest BCUT2D eigenvalue weighted by Crippen LogP contribution is 2.49. The topological polar surface area (TPSA) is 92.9 Å². The highest BCUT2D eigenvalue weighted by molar-refractivity contribution is 5.92. The molecule has 2 amide bonds. The Kier molecular flexibility index (Phi) is 8.33. The highest BCUT2D eigenvalue weighted by atomic mass is 19.1. The predicted molar refractivity (Wildman–Crippen MR) is 143 cm³/mol. The summed E-state index contributed by atoms with van der Waals surface area (Å²) in [5, 5.41) is 0.